The van der Waals surface area contributed by atoms with Gasteiger partial charge in [-0.05, 0) is 19.4 Å². The smallest absolute Gasteiger partial charge is 0.223 e. The third-order valence-electron chi connectivity index (χ3n) is 3.66. The molecule has 0 spiro atoms. The van der Waals surface area contributed by atoms with Gasteiger partial charge in [-0.25, -0.2) is 0 Å². The minimum absolute atomic E-state index is 0.0358. The lowest BCUT2D eigenvalue weighted by Crippen LogP contribution is -2.29. The molecule has 1 aromatic rings. The highest BCUT2D eigenvalue weighted by Gasteiger charge is 2.34. The van der Waals surface area contributed by atoms with Crippen LogP contribution in [0.4, 0.5) is 0 Å². The SMILES string of the molecule is C/C(=N\O)C1CC(=O)N([C@@H](C)c2ccccc2)C1. The third kappa shape index (κ3) is 2.37. The Bertz CT molecular complexity index is 456. The fraction of sp³-hybridized carbons (Fsp3) is 0.429. The van der Waals surface area contributed by atoms with Crippen molar-refractivity contribution in [3.63, 3.8) is 0 Å². The molecule has 0 bridgehead atoms. The van der Waals surface area contributed by atoms with Gasteiger partial charge in [0.2, 0.25) is 5.91 Å². The fourth-order valence-electron chi connectivity index (χ4n) is 2.38. The van der Waals surface area contributed by atoms with Crippen molar-refractivity contribution in [2.75, 3.05) is 6.54 Å². The summed E-state index contributed by atoms with van der Waals surface area (Å²) >= 11 is 0. The summed E-state index contributed by atoms with van der Waals surface area (Å²) < 4.78 is 0. The Balaban J connectivity index is 2.13. The van der Waals surface area contributed by atoms with Gasteiger partial charge in [-0.3, -0.25) is 4.79 Å². The number of hydrogen-bond acceptors (Lipinski definition) is 3. The molecule has 1 amide bonds. The van der Waals surface area contributed by atoms with Gasteiger partial charge in [-0.2, -0.15) is 0 Å². The molecule has 1 N–H and O–H groups in total. The highest BCUT2D eigenvalue weighted by Crippen LogP contribution is 2.28. The number of hydrogen-bond donors (Lipinski definition) is 1. The maximum absolute atomic E-state index is 12.0. The van der Waals surface area contributed by atoms with Gasteiger partial charge >= 0.3 is 0 Å². The molecule has 4 heteroatoms. The summed E-state index contributed by atoms with van der Waals surface area (Å²) in [5.41, 5.74) is 1.76. The number of benzene rings is 1. The zero-order valence-electron chi connectivity index (χ0n) is 10.7. The number of carbonyl (C=O) groups is 1. The number of oxime groups is 1. The summed E-state index contributed by atoms with van der Waals surface area (Å²) in [7, 11) is 0. The second-order valence-corrected chi connectivity index (χ2v) is 4.78. The van der Waals surface area contributed by atoms with Crippen LogP contribution >= 0.6 is 0 Å². The molecule has 1 unspecified atom stereocenters. The molecule has 1 fully saturated rings. The van der Waals surface area contributed by atoms with E-state index in [9.17, 15) is 4.79 Å². The van der Waals surface area contributed by atoms with Gasteiger partial charge in [0.1, 0.15) is 0 Å². The third-order valence-corrected chi connectivity index (χ3v) is 3.66. The molecule has 18 heavy (non-hydrogen) atoms. The first kappa shape index (κ1) is 12.6. The molecule has 2 atom stereocenters. The van der Waals surface area contributed by atoms with E-state index < -0.39 is 0 Å². The summed E-state index contributed by atoms with van der Waals surface area (Å²) in [5, 5.41) is 12.0. The van der Waals surface area contributed by atoms with Crippen LogP contribution in [0.5, 0.6) is 0 Å². The van der Waals surface area contributed by atoms with Crippen molar-refractivity contribution in [1.82, 2.24) is 4.90 Å². The Kier molecular flexibility index (Phi) is 3.65. The molecule has 1 aliphatic rings. The van der Waals surface area contributed by atoms with Crippen LogP contribution in [0.3, 0.4) is 0 Å². The number of amides is 1. The fourth-order valence-corrected chi connectivity index (χ4v) is 2.38. The highest BCUT2D eigenvalue weighted by atomic mass is 16.4. The topological polar surface area (TPSA) is 52.9 Å². The number of likely N-dealkylation sites (tertiary alicyclic amines) is 1. The van der Waals surface area contributed by atoms with E-state index in [1.807, 2.05) is 42.2 Å². The van der Waals surface area contributed by atoms with Gasteiger partial charge in [-0.1, -0.05) is 35.5 Å². The first-order valence-corrected chi connectivity index (χ1v) is 6.16. The Hall–Kier alpha value is -1.84. The van der Waals surface area contributed by atoms with Crippen molar-refractivity contribution in [3.8, 4) is 0 Å². The molecule has 2 rings (SSSR count). The van der Waals surface area contributed by atoms with Gasteiger partial charge < -0.3 is 10.1 Å². The second-order valence-electron chi connectivity index (χ2n) is 4.78. The van der Waals surface area contributed by atoms with E-state index >= 15 is 0 Å². The standard InChI is InChI=1S/C14H18N2O2/c1-10(15-18)13-8-14(17)16(9-13)11(2)12-6-4-3-5-7-12/h3-7,11,13,18H,8-9H2,1-2H3/b15-10+/t11-,13?/m0/s1. The van der Waals surface area contributed by atoms with Crippen LogP contribution in [-0.4, -0.2) is 28.3 Å². The molecule has 1 saturated heterocycles. The van der Waals surface area contributed by atoms with Crippen molar-refractivity contribution in [3.05, 3.63) is 35.9 Å². The van der Waals surface area contributed by atoms with Gasteiger partial charge in [-0.15, -0.1) is 0 Å². The van der Waals surface area contributed by atoms with E-state index in [2.05, 4.69) is 5.16 Å². The average Bonchev–Trinajstić information content (AvgIpc) is 2.80. The monoisotopic (exact) mass is 246 g/mol. The predicted molar refractivity (Wildman–Crippen MR) is 69.6 cm³/mol. The number of nitrogens with zero attached hydrogens (tertiary/aromatic N) is 2. The van der Waals surface area contributed by atoms with Crippen molar-refractivity contribution in [1.29, 1.82) is 0 Å². The van der Waals surface area contributed by atoms with Gasteiger partial charge in [0.05, 0.1) is 11.8 Å². The Morgan fingerprint density at radius 1 is 1.44 bits per heavy atom. The minimum Gasteiger partial charge on any atom is -0.411 e. The average molecular weight is 246 g/mol. The lowest BCUT2D eigenvalue weighted by Gasteiger charge is -2.25. The van der Waals surface area contributed by atoms with Crippen LogP contribution in [0, 0.1) is 5.92 Å². The molecule has 0 saturated carbocycles. The summed E-state index contributed by atoms with van der Waals surface area (Å²) in [6.45, 7) is 4.42. The van der Waals surface area contributed by atoms with E-state index in [0.717, 1.165) is 5.56 Å². The largest absolute Gasteiger partial charge is 0.411 e. The van der Waals surface area contributed by atoms with Crippen molar-refractivity contribution in [2.45, 2.75) is 26.3 Å². The Morgan fingerprint density at radius 3 is 2.72 bits per heavy atom. The molecule has 1 aliphatic heterocycles. The summed E-state index contributed by atoms with van der Waals surface area (Å²) in [5.74, 6) is 0.160. The molecular weight excluding hydrogens is 228 g/mol. The number of carbonyl (C=O) groups excluding carboxylic acids is 1. The van der Waals surface area contributed by atoms with Crippen LogP contribution in [0.15, 0.2) is 35.5 Å². The van der Waals surface area contributed by atoms with E-state index in [4.69, 9.17) is 5.21 Å². The van der Waals surface area contributed by atoms with Crippen molar-refractivity contribution < 1.29 is 10.0 Å². The van der Waals surface area contributed by atoms with Crippen LogP contribution in [0.2, 0.25) is 0 Å². The molecule has 0 aliphatic carbocycles. The highest BCUT2D eigenvalue weighted by molar-refractivity contribution is 5.92. The maximum Gasteiger partial charge on any atom is 0.223 e. The summed E-state index contributed by atoms with van der Waals surface area (Å²) in [6, 6.07) is 10.0. The van der Waals surface area contributed by atoms with Crippen molar-refractivity contribution >= 4 is 11.6 Å². The lowest BCUT2D eigenvalue weighted by molar-refractivity contribution is -0.129. The zero-order chi connectivity index (χ0) is 13.1. The van der Waals surface area contributed by atoms with E-state index in [1.54, 1.807) is 6.92 Å². The molecule has 4 nitrogen and oxygen atoms in total. The molecule has 1 heterocycles. The van der Waals surface area contributed by atoms with Crippen LogP contribution < -0.4 is 0 Å². The Morgan fingerprint density at radius 2 is 2.11 bits per heavy atom. The number of rotatable bonds is 3. The normalized spacial score (nSPS) is 22.3. The molecular formula is C14H18N2O2. The quantitative estimate of drug-likeness (QED) is 0.506. The van der Waals surface area contributed by atoms with Crippen molar-refractivity contribution in [2.24, 2.45) is 11.1 Å². The van der Waals surface area contributed by atoms with E-state index in [1.165, 1.54) is 0 Å². The van der Waals surface area contributed by atoms with Gasteiger partial charge in [0.25, 0.3) is 0 Å². The molecule has 0 aromatic heterocycles. The molecule has 0 radical (unpaired) electrons. The van der Waals surface area contributed by atoms with E-state index in [-0.39, 0.29) is 17.9 Å². The summed E-state index contributed by atoms with van der Waals surface area (Å²) in [4.78, 5) is 13.9. The maximum atomic E-state index is 12.0. The van der Waals surface area contributed by atoms with Crippen LogP contribution in [-0.2, 0) is 4.79 Å². The second kappa shape index (κ2) is 5.21. The molecule has 96 valence electrons. The summed E-state index contributed by atoms with van der Waals surface area (Å²) in [6.07, 6.45) is 0.438. The Labute approximate surface area is 107 Å². The van der Waals surface area contributed by atoms with Crippen LogP contribution in [0.1, 0.15) is 31.9 Å². The first-order chi connectivity index (χ1) is 8.63. The van der Waals surface area contributed by atoms with Crippen LogP contribution in [0.25, 0.3) is 0 Å². The van der Waals surface area contributed by atoms with Gasteiger partial charge in [0, 0.05) is 18.9 Å². The van der Waals surface area contributed by atoms with Gasteiger partial charge in [0.15, 0.2) is 0 Å². The lowest BCUT2D eigenvalue weighted by atomic mass is 10.0. The van der Waals surface area contributed by atoms with E-state index in [0.29, 0.717) is 18.7 Å². The predicted octanol–water partition coefficient (Wildman–Crippen LogP) is 2.45. The first-order valence-electron chi connectivity index (χ1n) is 6.16. The molecule has 1 aromatic carbocycles. The minimum atomic E-state index is 0.0358. The zero-order valence-corrected chi connectivity index (χ0v) is 10.7.